The summed E-state index contributed by atoms with van der Waals surface area (Å²) in [6.07, 6.45) is 8.75. The molecule has 0 aromatic rings. The van der Waals surface area contributed by atoms with E-state index in [-0.39, 0.29) is 23.5 Å². The lowest BCUT2D eigenvalue weighted by Gasteiger charge is -2.62. The van der Waals surface area contributed by atoms with Crippen molar-refractivity contribution in [1.29, 1.82) is 0 Å². The van der Waals surface area contributed by atoms with Crippen molar-refractivity contribution in [3.8, 4) is 0 Å². The minimum absolute atomic E-state index is 0.00994. The number of amides is 2. The van der Waals surface area contributed by atoms with Gasteiger partial charge in [0.05, 0.1) is 6.10 Å². The lowest BCUT2D eigenvalue weighted by molar-refractivity contribution is -0.149. The van der Waals surface area contributed by atoms with E-state index < -0.39 is 5.60 Å². The number of rotatable bonds is 7. The molecule has 0 aromatic carbocycles. The first kappa shape index (κ1) is 29.0. The van der Waals surface area contributed by atoms with Crippen molar-refractivity contribution in [3.05, 3.63) is 11.1 Å². The molecule has 0 aromatic heterocycles. The third kappa shape index (κ3) is 6.28. The first-order chi connectivity index (χ1) is 16.7. The SMILES string of the molecule is CC1=C(CCCC(=O)NCCN(C)C(=O)OC(C)(C)C)C2CCC3C(C)(C)[C@@H](O)CC[C@]3(C)C2CC1. The number of nitrogens with zero attached hydrogens (tertiary/aromatic N) is 1. The molecule has 0 heterocycles. The normalized spacial score (nSPS) is 31.8. The van der Waals surface area contributed by atoms with E-state index in [1.54, 1.807) is 18.2 Å². The third-order valence-electron chi connectivity index (χ3n) is 9.76. The Morgan fingerprint density at radius 3 is 2.50 bits per heavy atom. The molecular weight excluding hydrogens is 452 g/mol. The molecule has 2 fully saturated rings. The van der Waals surface area contributed by atoms with Crippen molar-refractivity contribution in [2.45, 2.75) is 118 Å². The fourth-order valence-corrected chi connectivity index (χ4v) is 7.75. The van der Waals surface area contributed by atoms with Crippen molar-refractivity contribution >= 4 is 12.0 Å². The number of fused-ring (bicyclic) bond motifs is 3. The van der Waals surface area contributed by atoms with Crippen LogP contribution in [0.2, 0.25) is 0 Å². The molecule has 0 saturated heterocycles. The summed E-state index contributed by atoms with van der Waals surface area (Å²) in [5.41, 5.74) is 2.93. The second-order valence-electron chi connectivity index (χ2n) is 13.7. The number of carbonyl (C=O) groups is 2. The number of hydrogen-bond acceptors (Lipinski definition) is 4. The van der Waals surface area contributed by atoms with Crippen LogP contribution in [0.4, 0.5) is 4.79 Å². The minimum Gasteiger partial charge on any atom is -0.444 e. The molecular formula is C30H52N2O4. The second kappa shape index (κ2) is 11.0. The van der Waals surface area contributed by atoms with Gasteiger partial charge in [-0.1, -0.05) is 31.9 Å². The van der Waals surface area contributed by atoms with Crippen LogP contribution in [0, 0.1) is 28.6 Å². The maximum absolute atomic E-state index is 12.5. The Morgan fingerprint density at radius 2 is 1.83 bits per heavy atom. The third-order valence-corrected chi connectivity index (χ3v) is 9.76. The number of likely N-dealkylation sites (N-methyl/N-ethyl adjacent to an activating group) is 1. The molecule has 3 rings (SSSR count). The molecule has 5 atom stereocenters. The van der Waals surface area contributed by atoms with Gasteiger partial charge in [0, 0.05) is 26.6 Å². The largest absolute Gasteiger partial charge is 0.444 e. The highest BCUT2D eigenvalue weighted by atomic mass is 16.6. The van der Waals surface area contributed by atoms with Crippen LogP contribution in [0.5, 0.6) is 0 Å². The molecule has 206 valence electrons. The summed E-state index contributed by atoms with van der Waals surface area (Å²) in [6, 6.07) is 0. The second-order valence-corrected chi connectivity index (χ2v) is 13.7. The van der Waals surface area contributed by atoms with Crippen LogP contribution in [0.25, 0.3) is 0 Å². The maximum Gasteiger partial charge on any atom is 0.410 e. The monoisotopic (exact) mass is 504 g/mol. The van der Waals surface area contributed by atoms with Crippen molar-refractivity contribution in [3.63, 3.8) is 0 Å². The Labute approximate surface area is 219 Å². The van der Waals surface area contributed by atoms with Crippen LogP contribution in [0.1, 0.15) is 106 Å². The van der Waals surface area contributed by atoms with Crippen LogP contribution in [-0.4, -0.2) is 53.8 Å². The summed E-state index contributed by atoms with van der Waals surface area (Å²) < 4.78 is 5.36. The zero-order chi connectivity index (χ0) is 26.9. The van der Waals surface area contributed by atoms with Crippen molar-refractivity contribution in [2.24, 2.45) is 28.6 Å². The number of hydrogen-bond donors (Lipinski definition) is 2. The maximum atomic E-state index is 12.5. The summed E-state index contributed by atoms with van der Waals surface area (Å²) >= 11 is 0. The van der Waals surface area contributed by atoms with Crippen molar-refractivity contribution < 1.29 is 19.4 Å². The standard InChI is InChI=1S/C30H52N2O4/c1-20-12-14-23-22(13-15-24-29(5,6)25(33)16-17-30(23,24)7)21(20)10-9-11-26(34)31-18-19-32(8)27(35)36-28(2,3)4/h22-25,33H,9-19H2,1-8H3,(H,31,34)/t22?,23?,24?,25-,30+/m0/s1. The van der Waals surface area contributed by atoms with Gasteiger partial charge in [0.15, 0.2) is 0 Å². The van der Waals surface area contributed by atoms with Crippen LogP contribution < -0.4 is 5.32 Å². The average molecular weight is 505 g/mol. The summed E-state index contributed by atoms with van der Waals surface area (Å²) in [7, 11) is 1.69. The molecule has 2 saturated carbocycles. The molecule has 6 heteroatoms. The van der Waals surface area contributed by atoms with Gasteiger partial charge in [-0.25, -0.2) is 4.79 Å². The van der Waals surface area contributed by atoms with Crippen LogP contribution in [0.3, 0.4) is 0 Å². The van der Waals surface area contributed by atoms with Crippen LogP contribution in [0.15, 0.2) is 11.1 Å². The fraction of sp³-hybridized carbons (Fsp3) is 0.867. The average Bonchev–Trinajstić information content (AvgIpc) is 2.76. The highest BCUT2D eigenvalue weighted by Gasteiger charge is 2.58. The lowest BCUT2D eigenvalue weighted by atomic mass is 9.43. The number of ether oxygens (including phenoxy) is 1. The molecule has 0 bridgehead atoms. The first-order valence-electron chi connectivity index (χ1n) is 14.2. The van der Waals surface area contributed by atoms with Crippen LogP contribution in [-0.2, 0) is 9.53 Å². The van der Waals surface area contributed by atoms with Gasteiger partial charge in [0.2, 0.25) is 5.91 Å². The zero-order valence-electron chi connectivity index (χ0n) is 24.2. The molecule has 3 unspecified atom stereocenters. The molecule has 2 N–H and O–H groups in total. The molecule has 0 spiro atoms. The number of nitrogens with one attached hydrogen (secondary N) is 1. The summed E-state index contributed by atoms with van der Waals surface area (Å²) in [5.74, 6) is 1.96. The smallest absolute Gasteiger partial charge is 0.410 e. The van der Waals surface area contributed by atoms with Crippen molar-refractivity contribution in [2.75, 3.05) is 20.1 Å². The summed E-state index contributed by atoms with van der Waals surface area (Å²) in [6.45, 7) is 15.8. The number of aliphatic hydroxyl groups is 1. The minimum atomic E-state index is -0.523. The predicted molar refractivity (Wildman–Crippen MR) is 144 cm³/mol. The zero-order valence-corrected chi connectivity index (χ0v) is 24.2. The topological polar surface area (TPSA) is 78.9 Å². The Hall–Kier alpha value is -1.56. The van der Waals surface area contributed by atoms with Gasteiger partial charge in [0.25, 0.3) is 0 Å². The van der Waals surface area contributed by atoms with E-state index in [2.05, 4.69) is 33.0 Å². The molecule has 3 aliphatic rings. The van der Waals surface area contributed by atoms with Crippen molar-refractivity contribution in [1.82, 2.24) is 10.2 Å². The van der Waals surface area contributed by atoms with Gasteiger partial charge in [-0.3, -0.25) is 4.79 Å². The van der Waals surface area contributed by atoms with Gasteiger partial charge < -0.3 is 20.1 Å². The van der Waals surface area contributed by atoms with Gasteiger partial charge in [0.1, 0.15) is 5.60 Å². The summed E-state index contributed by atoms with van der Waals surface area (Å²) in [4.78, 5) is 26.1. The summed E-state index contributed by atoms with van der Waals surface area (Å²) in [5, 5.41) is 13.7. The van der Waals surface area contributed by atoms with E-state index in [0.717, 1.165) is 25.7 Å². The van der Waals surface area contributed by atoms with Crippen LogP contribution >= 0.6 is 0 Å². The van der Waals surface area contributed by atoms with E-state index >= 15 is 0 Å². The Balaban J connectivity index is 1.49. The Morgan fingerprint density at radius 1 is 1.14 bits per heavy atom. The van der Waals surface area contributed by atoms with E-state index in [9.17, 15) is 14.7 Å². The molecule has 2 amide bonds. The molecule has 0 radical (unpaired) electrons. The molecule has 0 aliphatic heterocycles. The quantitative estimate of drug-likeness (QED) is 0.412. The highest BCUT2D eigenvalue weighted by molar-refractivity contribution is 5.76. The molecule has 6 nitrogen and oxygen atoms in total. The van der Waals surface area contributed by atoms with Gasteiger partial charge >= 0.3 is 6.09 Å². The first-order valence-corrected chi connectivity index (χ1v) is 14.2. The lowest BCUT2D eigenvalue weighted by Crippen LogP contribution is -2.56. The van der Waals surface area contributed by atoms with E-state index in [1.807, 2.05) is 20.8 Å². The van der Waals surface area contributed by atoms with E-state index in [4.69, 9.17) is 4.74 Å². The molecule has 3 aliphatic carbocycles. The molecule has 36 heavy (non-hydrogen) atoms. The number of carbonyl (C=O) groups excluding carboxylic acids is 2. The Kier molecular flexibility index (Phi) is 8.90. The van der Waals surface area contributed by atoms with Gasteiger partial charge in [-0.2, -0.15) is 0 Å². The number of allylic oxidation sites excluding steroid dienone is 2. The van der Waals surface area contributed by atoms with Gasteiger partial charge in [-0.05, 0) is 108 Å². The fourth-order valence-electron chi connectivity index (χ4n) is 7.75. The highest BCUT2D eigenvalue weighted by Crippen LogP contribution is 2.64. The van der Waals surface area contributed by atoms with E-state index in [1.165, 1.54) is 30.6 Å². The predicted octanol–water partition coefficient (Wildman–Crippen LogP) is 6.08. The number of aliphatic hydroxyl groups excluding tert-OH is 1. The Bertz CT molecular complexity index is 842. The van der Waals surface area contributed by atoms with Gasteiger partial charge in [-0.15, -0.1) is 0 Å². The van der Waals surface area contributed by atoms with E-state index in [0.29, 0.717) is 42.7 Å².